The lowest BCUT2D eigenvalue weighted by molar-refractivity contribution is -0.134. The van der Waals surface area contributed by atoms with E-state index in [0.717, 1.165) is 55.7 Å². The van der Waals surface area contributed by atoms with E-state index in [1.165, 1.54) is 0 Å². The first-order valence-electron chi connectivity index (χ1n) is 9.08. The number of aromatic nitrogens is 2. The van der Waals surface area contributed by atoms with E-state index in [-0.39, 0.29) is 17.9 Å². The summed E-state index contributed by atoms with van der Waals surface area (Å²) in [6.45, 7) is 6.50. The van der Waals surface area contributed by atoms with Gasteiger partial charge in [0.1, 0.15) is 5.82 Å². The topological polar surface area (TPSA) is 56.1 Å². The van der Waals surface area contributed by atoms with Crippen molar-refractivity contribution in [3.8, 4) is 0 Å². The Morgan fingerprint density at radius 1 is 1.38 bits per heavy atom. The number of para-hydroxylation sites is 2. The van der Waals surface area contributed by atoms with Crippen LogP contribution in [0.1, 0.15) is 38.9 Å². The van der Waals surface area contributed by atoms with Crippen molar-refractivity contribution in [1.29, 1.82) is 0 Å². The molecule has 1 aliphatic rings. The largest absolute Gasteiger partial charge is 0.377 e. The Labute approximate surface area is 143 Å². The molecule has 2 heterocycles. The Morgan fingerprint density at radius 2 is 2.21 bits per heavy atom. The van der Waals surface area contributed by atoms with E-state index in [2.05, 4.69) is 29.8 Å². The number of imidazole rings is 1. The lowest BCUT2D eigenvalue weighted by atomic mass is 9.92. The third kappa shape index (κ3) is 3.46. The Kier molecular flexibility index (Phi) is 5.51. The number of hydrogen-bond acceptors (Lipinski definition) is 3. The average Bonchev–Trinajstić information content (AvgIpc) is 2.98. The van der Waals surface area contributed by atoms with Crippen molar-refractivity contribution in [2.24, 2.45) is 5.92 Å². The second-order valence-corrected chi connectivity index (χ2v) is 6.37. The van der Waals surface area contributed by atoms with Crippen LogP contribution in [0.5, 0.6) is 0 Å². The summed E-state index contributed by atoms with van der Waals surface area (Å²) in [5.41, 5.74) is 2.18. The maximum atomic E-state index is 12.5. The van der Waals surface area contributed by atoms with Gasteiger partial charge in [0.2, 0.25) is 5.91 Å². The lowest BCUT2D eigenvalue weighted by Gasteiger charge is -2.30. The fraction of sp³-hybridized carbons (Fsp3) is 0.579. The molecular formula is C19H27N3O2. The first-order valence-corrected chi connectivity index (χ1v) is 9.08. The Balaban J connectivity index is 1.61. The van der Waals surface area contributed by atoms with Gasteiger partial charge in [-0.2, -0.15) is 0 Å². The summed E-state index contributed by atoms with van der Waals surface area (Å²) in [4.78, 5) is 17.2. The summed E-state index contributed by atoms with van der Waals surface area (Å²) < 4.78 is 7.95. The molecule has 5 heteroatoms. The van der Waals surface area contributed by atoms with Gasteiger partial charge in [-0.1, -0.05) is 19.1 Å². The molecule has 24 heavy (non-hydrogen) atoms. The third-order valence-corrected chi connectivity index (χ3v) is 4.88. The second kappa shape index (κ2) is 7.79. The summed E-state index contributed by atoms with van der Waals surface area (Å²) in [7, 11) is 0. The van der Waals surface area contributed by atoms with E-state index in [1.54, 1.807) is 0 Å². The molecule has 0 bridgehead atoms. The number of hydrogen-bond donors (Lipinski definition) is 1. The van der Waals surface area contributed by atoms with Crippen molar-refractivity contribution in [1.82, 2.24) is 14.9 Å². The molecular weight excluding hydrogens is 302 g/mol. The van der Waals surface area contributed by atoms with Crippen LogP contribution in [-0.4, -0.2) is 34.7 Å². The number of fused-ring (bicyclic) bond motifs is 1. The monoisotopic (exact) mass is 329 g/mol. The van der Waals surface area contributed by atoms with Crippen molar-refractivity contribution in [2.45, 2.75) is 52.2 Å². The van der Waals surface area contributed by atoms with E-state index in [9.17, 15) is 4.79 Å². The highest BCUT2D eigenvalue weighted by Gasteiger charge is 2.30. The molecule has 1 N–H and O–H groups in total. The van der Waals surface area contributed by atoms with Crippen molar-refractivity contribution >= 4 is 16.9 Å². The SMILES string of the molecule is CC[C@@H]1OCCC[C@H]1C(=O)NCCc1nc2ccccc2n1CC. The van der Waals surface area contributed by atoms with E-state index >= 15 is 0 Å². The molecule has 3 rings (SSSR count). The Morgan fingerprint density at radius 3 is 3.00 bits per heavy atom. The van der Waals surface area contributed by atoms with Crippen LogP contribution in [0, 0.1) is 5.92 Å². The van der Waals surface area contributed by atoms with Gasteiger partial charge >= 0.3 is 0 Å². The summed E-state index contributed by atoms with van der Waals surface area (Å²) in [5.74, 6) is 1.15. The fourth-order valence-electron chi connectivity index (χ4n) is 3.64. The Hall–Kier alpha value is -1.88. The summed E-state index contributed by atoms with van der Waals surface area (Å²) in [6.07, 6.45) is 3.61. The molecule has 0 aliphatic carbocycles. The number of carbonyl (C=O) groups excluding carboxylic acids is 1. The molecule has 130 valence electrons. The first kappa shape index (κ1) is 17.0. The molecule has 0 radical (unpaired) electrons. The number of nitrogens with zero attached hydrogens (tertiary/aromatic N) is 2. The standard InChI is InChI=1S/C19H27N3O2/c1-3-17-14(8-7-13-24-17)19(23)20-12-11-18-21-15-9-5-6-10-16(15)22(18)4-2/h5-6,9-10,14,17H,3-4,7-8,11-13H2,1-2H3,(H,20,23)/t14-,17+/m1/s1. The quantitative estimate of drug-likeness (QED) is 0.886. The normalized spacial score (nSPS) is 21.1. The number of nitrogens with one attached hydrogen (secondary N) is 1. The van der Waals surface area contributed by atoms with Crippen molar-refractivity contribution in [2.75, 3.05) is 13.2 Å². The van der Waals surface area contributed by atoms with Gasteiger partial charge in [-0.25, -0.2) is 4.98 Å². The Bertz CT molecular complexity index is 695. The third-order valence-electron chi connectivity index (χ3n) is 4.88. The van der Waals surface area contributed by atoms with Gasteiger partial charge in [0.15, 0.2) is 0 Å². The number of benzene rings is 1. The van der Waals surface area contributed by atoms with Crippen LogP contribution in [0.3, 0.4) is 0 Å². The summed E-state index contributed by atoms with van der Waals surface area (Å²) in [6, 6.07) is 8.18. The zero-order chi connectivity index (χ0) is 16.9. The second-order valence-electron chi connectivity index (χ2n) is 6.37. The van der Waals surface area contributed by atoms with Crippen molar-refractivity contribution < 1.29 is 9.53 Å². The zero-order valence-electron chi connectivity index (χ0n) is 14.6. The van der Waals surface area contributed by atoms with Gasteiger partial charge in [-0.3, -0.25) is 4.79 Å². The molecule has 1 amide bonds. The van der Waals surface area contributed by atoms with E-state index in [4.69, 9.17) is 9.72 Å². The molecule has 1 aromatic heterocycles. The minimum atomic E-state index is -0.00579. The van der Waals surface area contributed by atoms with Crippen LogP contribution in [0.15, 0.2) is 24.3 Å². The minimum absolute atomic E-state index is 0.00579. The summed E-state index contributed by atoms with van der Waals surface area (Å²) >= 11 is 0. The van der Waals surface area contributed by atoms with Crippen LogP contribution >= 0.6 is 0 Å². The van der Waals surface area contributed by atoms with E-state index in [0.29, 0.717) is 6.54 Å². The predicted octanol–water partition coefficient (Wildman–Crippen LogP) is 2.92. The molecule has 1 aromatic carbocycles. The van der Waals surface area contributed by atoms with Crippen LogP contribution < -0.4 is 5.32 Å². The molecule has 0 unspecified atom stereocenters. The van der Waals surface area contributed by atoms with Crippen LogP contribution in [0.2, 0.25) is 0 Å². The van der Waals surface area contributed by atoms with Gasteiger partial charge in [0, 0.05) is 26.1 Å². The van der Waals surface area contributed by atoms with Gasteiger partial charge in [0.25, 0.3) is 0 Å². The van der Waals surface area contributed by atoms with E-state index < -0.39 is 0 Å². The maximum Gasteiger partial charge on any atom is 0.225 e. The van der Waals surface area contributed by atoms with Gasteiger partial charge in [-0.15, -0.1) is 0 Å². The molecule has 2 aromatic rings. The molecule has 1 aliphatic heterocycles. The number of ether oxygens (including phenoxy) is 1. The van der Waals surface area contributed by atoms with Crippen LogP contribution in [-0.2, 0) is 22.5 Å². The molecule has 0 spiro atoms. The minimum Gasteiger partial charge on any atom is -0.377 e. The first-order chi connectivity index (χ1) is 11.7. The molecule has 1 fully saturated rings. The summed E-state index contributed by atoms with van der Waals surface area (Å²) in [5, 5.41) is 3.09. The van der Waals surface area contributed by atoms with Crippen molar-refractivity contribution in [3.63, 3.8) is 0 Å². The van der Waals surface area contributed by atoms with Gasteiger partial charge < -0.3 is 14.6 Å². The van der Waals surface area contributed by atoms with E-state index in [1.807, 2.05) is 18.2 Å². The van der Waals surface area contributed by atoms with Crippen LogP contribution in [0.25, 0.3) is 11.0 Å². The van der Waals surface area contributed by atoms with Gasteiger partial charge in [-0.05, 0) is 38.3 Å². The number of aryl methyl sites for hydroxylation is 1. The number of rotatable bonds is 6. The predicted molar refractivity (Wildman–Crippen MR) is 94.9 cm³/mol. The zero-order valence-corrected chi connectivity index (χ0v) is 14.6. The maximum absolute atomic E-state index is 12.5. The molecule has 1 saturated heterocycles. The smallest absolute Gasteiger partial charge is 0.225 e. The van der Waals surface area contributed by atoms with Gasteiger partial charge in [0.05, 0.1) is 23.1 Å². The molecule has 2 atom stereocenters. The van der Waals surface area contributed by atoms with Crippen LogP contribution in [0.4, 0.5) is 0 Å². The number of amides is 1. The highest BCUT2D eigenvalue weighted by Crippen LogP contribution is 2.23. The average molecular weight is 329 g/mol. The molecule has 0 saturated carbocycles. The van der Waals surface area contributed by atoms with Crippen molar-refractivity contribution in [3.05, 3.63) is 30.1 Å². The molecule has 5 nitrogen and oxygen atoms in total. The highest BCUT2D eigenvalue weighted by molar-refractivity contribution is 5.79. The highest BCUT2D eigenvalue weighted by atomic mass is 16.5. The fourth-order valence-corrected chi connectivity index (χ4v) is 3.64. The number of carbonyl (C=O) groups is 1. The lowest BCUT2D eigenvalue weighted by Crippen LogP contribution is -2.42.